The minimum absolute atomic E-state index is 0.189. The van der Waals surface area contributed by atoms with Gasteiger partial charge in [-0.25, -0.2) is 4.99 Å². The number of hydrogen-bond donors (Lipinski definition) is 3. The Morgan fingerprint density at radius 1 is 1.57 bits per heavy atom. The van der Waals surface area contributed by atoms with Gasteiger partial charge in [0.2, 0.25) is 0 Å². The number of thiophene rings is 1. The maximum atomic E-state index is 6.09. The van der Waals surface area contributed by atoms with Gasteiger partial charge in [-0.3, -0.25) is 5.73 Å². The Morgan fingerprint density at radius 2 is 2.29 bits per heavy atom. The van der Waals surface area contributed by atoms with Crippen LogP contribution in [0.15, 0.2) is 16.4 Å². The summed E-state index contributed by atoms with van der Waals surface area (Å²) in [7, 11) is 0. The number of nitrogens with zero attached hydrogens (tertiary/aromatic N) is 1. The van der Waals surface area contributed by atoms with Crippen molar-refractivity contribution in [3.8, 4) is 0 Å². The average Bonchev–Trinajstić information content (AvgIpc) is 2.51. The molecule has 0 saturated heterocycles. The van der Waals surface area contributed by atoms with Gasteiger partial charge in [-0.2, -0.15) is 0 Å². The molecule has 0 amide bonds. The van der Waals surface area contributed by atoms with Crippen molar-refractivity contribution >= 4 is 22.9 Å². The van der Waals surface area contributed by atoms with Gasteiger partial charge in [-0.05, 0) is 11.4 Å². The van der Waals surface area contributed by atoms with Crippen LogP contribution in [-0.4, -0.2) is 11.6 Å². The molecule has 5 N–H and O–H groups in total. The Kier molecular flexibility index (Phi) is 2.01. The quantitative estimate of drug-likeness (QED) is 0.650. The lowest BCUT2D eigenvalue weighted by Crippen LogP contribution is -2.53. The molecule has 1 aliphatic heterocycles. The van der Waals surface area contributed by atoms with Crippen molar-refractivity contribution in [3.63, 3.8) is 0 Å². The van der Waals surface area contributed by atoms with E-state index >= 15 is 0 Å². The van der Waals surface area contributed by atoms with E-state index in [1.54, 1.807) is 11.3 Å². The van der Waals surface area contributed by atoms with E-state index in [4.69, 9.17) is 11.5 Å². The van der Waals surface area contributed by atoms with E-state index < -0.39 is 5.79 Å². The number of nitrogens with one attached hydrogen (secondary N) is 1. The van der Waals surface area contributed by atoms with E-state index in [0.29, 0.717) is 5.84 Å². The molecule has 2 heterocycles. The molecule has 0 bridgehead atoms. The van der Waals surface area contributed by atoms with E-state index in [2.05, 4.69) is 10.3 Å². The molecule has 5 heteroatoms. The summed E-state index contributed by atoms with van der Waals surface area (Å²) >= 11 is 1.57. The highest BCUT2D eigenvalue weighted by atomic mass is 32.1. The van der Waals surface area contributed by atoms with Gasteiger partial charge in [0.25, 0.3) is 0 Å². The van der Waals surface area contributed by atoms with Crippen molar-refractivity contribution in [3.05, 3.63) is 16.3 Å². The molecule has 1 unspecified atom stereocenters. The fourth-order valence-corrected chi connectivity index (χ4v) is 2.13. The first-order chi connectivity index (χ1) is 6.53. The highest BCUT2D eigenvalue weighted by Gasteiger charge is 2.33. The third-order valence-corrected chi connectivity index (χ3v) is 3.36. The maximum absolute atomic E-state index is 6.09. The summed E-state index contributed by atoms with van der Waals surface area (Å²) in [5.74, 6) is -0.0444. The number of aliphatic imine (C=N–C) groups is 1. The van der Waals surface area contributed by atoms with Crippen molar-refractivity contribution in [2.45, 2.75) is 19.6 Å². The second-order valence-electron chi connectivity index (χ2n) is 3.77. The van der Waals surface area contributed by atoms with E-state index in [1.807, 2.05) is 25.3 Å². The fraction of sp³-hybridized carbons (Fsp3) is 0.444. The third kappa shape index (κ3) is 1.29. The predicted molar refractivity (Wildman–Crippen MR) is 60.4 cm³/mol. The topological polar surface area (TPSA) is 76.4 Å². The van der Waals surface area contributed by atoms with Crippen LogP contribution in [0.4, 0.5) is 5.69 Å². The number of nitrogens with two attached hydrogens (primary N) is 2. The second-order valence-corrected chi connectivity index (χ2v) is 4.68. The molecule has 1 aromatic heterocycles. The summed E-state index contributed by atoms with van der Waals surface area (Å²) in [6.45, 7) is 4.03. The van der Waals surface area contributed by atoms with Crippen molar-refractivity contribution < 1.29 is 0 Å². The molecular formula is C9H14N4S. The number of amidine groups is 1. The van der Waals surface area contributed by atoms with Gasteiger partial charge in [0.05, 0.1) is 10.6 Å². The lowest BCUT2D eigenvalue weighted by atomic mass is 10.0. The predicted octanol–water partition coefficient (Wildman–Crippen LogP) is 1.15. The number of fused-ring (bicyclic) bond motifs is 1. The molecule has 4 nitrogen and oxygen atoms in total. The summed E-state index contributed by atoms with van der Waals surface area (Å²) in [5, 5.41) is 5.18. The zero-order valence-electron chi connectivity index (χ0n) is 8.24. The summed E-state index contributed by atoms with van der Waals surface area (Å²) in [6, 6.07) is 1.98. The van der Waals surface area contributed by atoms with Crippen LogP contribution in [-0.2, 0) is 0 Å². The Labute approximate surface area is 87.0 Å². The lowest BCUT2D eigenvalue weighted by molar-refractivity contribution is 0.367. The van der Waals surface area contributed by atoms with Crippen LogP contribution in [0.1, 0.15) is 18.7 Å². The van der Waals surface area contributed by atoms with Crippen molar-refractivity contribution in [1.29, 1.82) is 0 Å². The molecule has 76 valence electrons. The Hall–Kier alpha value is -1.07. The molecule has 0 saturated carbocycles. The summed E-state index contributed by atoms with van der Waals surface area (Å²) < 4.78 is 0. The van der Waals surface area contributed by atoms with Gasteiger partial charge >= 0.3 is 0 Å². The van der Waals surface area contributed by atoms with Crippen molar-refractivity contribution in [1.82, 2.24) is 0 Å². The van der Waals surface area contributed by atoms with Gasteiger partial charge in [0.15, 0.2) is 5.79 Å². The summed E-state index contributed by atoms with van der Waals surface area (Å²) in [4.78, 5) is 5.28. The molecular weight excluding hydrogens is 196 g/mol. The average molecular weight is 210 g/mol. The van der Waals surface area contributed by atoms with Crippen LogP contribution >= 0.6 is 11.3 Å². The van der Waals surface area contributed by atoms with Crippen LogP contribution in [0, 0.1) is 5.92 Å². The van der Waals surface area contributed by atoms with E-state index in [-0.39, 0.29) is 5.92 Å². The smallest absolute Gasteiger partial charge is 0.186 e. The van der Waals surface area contributed by atoms with Crippen LogP contribution in [0.2, 0.25) is 0 Å². The van der Waals surface area contributed by atoms with Gasteiger partial charge in [-0.1, -0.05) is 13.8 Å². The second kappa shape index (κ2) is 2.96. The van der Waals surface area contributed by atoms with Crippen LogP contribution in [0.5, 0.6) is 0 Å². The van der Waals surface area contributed by atoms with Crippen molar-refractivity contribution in [2.24, 2.45) is 22.4 Å². The monoisotopic (exact) mass is 210 g/mol. The third-order valence-electron chi connectivity index (χ3n) is 2.42. The SMILES string of the molecule is CC(C)C1(N)N=C(N)c2sccc2N1. The maximum Gasteiger partial charge on any atom is 0.186 e. The van der Waals surface area contributed by atoms with Crippen LogP contribution < -0.4 is 16.8 Å². The molecule has 1 atom stereocenters. The summed E-state index contributed by atoms with van der Waals surface area (Å²) in [5.41, 5.74) is 12.9. The number of anilines is 1. The fourth-order valence-electron chi connectivity index (χ4n) is 1.37. The van der Waals surface area contributed by atoms with Gasteiger partial charge in [0, 0.05) is 5.92 Å². The zero-order valence-corrected chi connectivity index (χ0v) is 9.06. The van der Waals surface area contributed by atoms with Gasteiger partial charge in [-0.15, -0.1) is 11.3 Å². The molecule has 0 fully saturated rings. The van der Waals surface area contributed by atoms with E-state index in [1.165, 1.54) is 0 Å². The molecule has 14 heavy (non-hydrogen) atoms. The summed E-state index contributed by atoms with van der Waals surface area (Å²) in [6.07, 6.45) is 0. The highest BCUT2D eigenvalue weighted by Crippen LogP contribution is 2.31. The molecule has 0 radical (unpaired) electrons. The normalized spacial score (nSPS) is 25.6. The largest absolute Gasteiger partial charge is 0.383 e. The molecule has 1 aliphatic rings. The molecule has 0 aromatic carbocycles. The highest BCUT2D eigenvalue weighted by molar-refractivity contribution is 7.12. The Morgan fingerprint density at radius 3 is 2.93 bits per heavy atom. The van der Waals surface area contributed by atoms with Crippen LogP contribution in [0.25, 0.3) is 0 Å². The Bertz CT molecular complexity index is 382. The number of rotatable bonds is 1. The van der Waals surface area contributed by atoms with Gasteiger partial charge in [0.1, 0.15) is 5.84 Å². The zero-order chi connectivity index (χ0) is 10.3. The number of hydrogen-bond acceptors (Lipinski definition) is 5. The van der Waals surface area contributed by atoms with Gasteiger partial charge < -0.3 is 11.1 Å². The molecule has 0 aliphatic carbocycles. The van der Waals surface area contributed by atoms with Crippen molar-refractivity contribution in [2.75, 3.05) is 5.32 Å². The van der Waals surface area contributed by atoms with E-state index in [0.717, 1.165) is 10.6 Å². The first kappa shape index (κ1) is 9.48. The van der Waals surface area contributed by atoms with Crippen LogP contribution in [0.3, 0.4) is 0 Å². The van der Waals surface area contributed by atoms with E-state index in [9.17, 15) is 0 Å². The lowest BCUT2D eigenvalue weighted by Gasteiger charge is -2.34. The molecule has 0 spiro atoms. The minimum Gasteiger partial charge on any atom is -0.383 e. The minimum atomic E-state index is -0.766. The first-order valence-corrected chi connectivity index (χ1v) is 5.41. The molecule has 2 rings (SSSR count). The first-order valence-electron chi connectivity index (χ1n) is 4.53. The standard InChI is InChI=1S/C9H14N4S/c1-5(2)9(11)12-6-3-4-14-7(6)8(10)13-9/h3-5,12H,11H2,1-2H3,(H2,10,13). The Balaban J connectivity index is 2.45. The molecule has 1 aromatic rings.